The summed E-state index contributed by atoms with van der Waals surface area (Å²) in [7, 11) is 0. The van der Waals surface area contributed by atoms with Crippen LogP contribution in [0.5, 0.6) is 0 Å². The molecule has 124 valence electrons. The summed E-state index contributed by atoms with van der Waals surface area (Å²) < 4.78 is 133. The molecule has 0 fully saturated rings. The predicted molar refractivity (Wildman–Crippen MR) is 52.5 cm³/mol. The molecule has 0 amide bonds. The molecule has 1 aliphatic rings. The zero-order valence-corrected chi connectivity index (χ0v) is 10.2. The smallest absolute Gasteiger partial charge is 0.260 e. The van der Waals surface area contributed by atoms with Gasteiger partial charge in [0.05, 0.1) is 5.56 Å². The monoisotopic (exact) mass is 350 g/mol. The van der Waals surface area contributed by atoms with E-state index < -0.39 is 69.4 Å². The third kappa shape index (κ3) is 1.98. The summed E-state index contributed by atoms with van der Waals surface area (Å²) in [5.74, 6) is -29.4. The molecule has 23 heavy (non-hydrogen) atoms. The Morgan fingerprint density at radius 3 is 1.39 bits per heavy atom. The Kier molecular flexibility index (Phi) is 3.78. The highest BCUT2D eigenvalue weighted by atomic mass is 19.2. The van der Waals surface area contributed by atoms with Crippen LogP contribution in [0.15, 0.2) is 23.3 Å². The number of ketones is 1. The van der Waals surface area contributed by atoms with E-state index in [2.05, 4.69) is 0 Å². The second kappa shape index (κ2) is 5.10. The first-order chi connectivity index (χ1) is 10.5. The largest absolute Gasteiger partial charge is 0.287 e. The highest BCUT2D eigenvalue weighted by Gasteiger charge is 2.58. The molecule has 0 spiro atoms. The van der Waals surface area contributed by atoms with Crippen LogP contribution in [0.25, 0.3) is 0 Å². The van der Waals surface area contributed by atoms with E-state index in [1.54, 1.807) is 0 Å². The topological polar surface area (TPSA) is 17.1 Å². The second-order valence-corrected chi connectivity index (χ2v) is 4.19. The van der Waals surface area contributed by atoms with E-state index >= 15 is 0 Å². The van der Waals surface area contributed by atoms with E-state index in [1.165, 1.54) is 0 Å². The standard InChI is InChI=1S/C12F10O/c13-2-1(3(14)5(16)6(17)4(2)15)12(22)10(21)8(19)7(18)9(20)11(12)23. The Morgan fingerprint density at radius 2 is 0.957 bits per heavy atom. The normalized spacial score (nSPS) is 22.3. The van der Waals surface area contributed by atoms with Gasteiger partial charge in [0.2, 0.25) is 23.3 Å². The molecule has 1 aliphatic carbocycles. The highest BCUT2D eigenvalue weighted by Crippen LogP contribution is 2.48. The molecule has 0 bridgehead atoms. The molecule has 0 heterocycles. The molecular formula is C12F10O. The molecule has 1 atom stereocenters. The van der Waals surface area contributed by atoms with Crippen molar-refractivity contribution in [2.75, 3.05) is 0 Å². The first kappa shape index (κ1) is 17.0. The molecule has 0 N–H and O–H groups in total. The van der Waals surface area contributed by atoms with Crippen LogP contribution in [0.1, 0.15) is 5.56 Å². The average Bonchev–Trinajstić information content (AvgIpc) is 2.53. The minimum Gasteiger partial charge on any atom is -0.287 e. The summed E-state index contributed by atoms with van der Waals surface area (Å²) in [5.41, 5.74) is -7.90. The highest BCUT2D eigenvalue weighted by molar-refractivity contribution is 6.05. The molecule has 0 aliphatic heterocycles. The van der Waals surface area contributed by atoms with Gasteiger partial charge in [0, 0.05) is 0 Å². The summed E-state index contributed by atoms with van der Waals surface area (Å²) in [6.45, 7) is 0. The van der Waals surface area contributed by atoms with Gasteiger partial charge in [-0.05, 0) is 0 Å². The minimum absolute atomic E-state index is 2.79. The van der Waals surface area contributed by atoms with Gasteiger partial charge >= 0.3 is 0 Å². The van der Waals surface area contributed by atoms with Crippen LogP contribution in [0.4, 0.5) is 43.9 Å². The first-order valence-electron chi connectivity index (χ1n) is 5.34. The zero-order valence-electron chi connectivity index (χ0n) is 10.2. The molecule has 1 aromatic rings. The fourth-order valence-corrected chi connectivity index (χ4v) is 1.83. The number of hydrogen-bond donors (Lipinski definition) is 0. The van der Waals surface area contributed by atoms with Gasteiger partial charge in [0.1, 0.15) is 0 Å². The quantitative estimate of drug-likeness (QED) is 0.416. The number of rotatable bonds is 1. The van der Waals surface area contributed by atoms with E-state index in [9.17, 15) is 48.7 Å². The summed E-state index contributed by atoms with van der Waals surface area (Å²) >= 11 is 0. The number of carbonyl (C=O) groups excluding carboxylic acids is 1. The van der Waals surface area contributed by atoms with Crippen LogP contribution in [0.2, 0.25) is 0 Å². The van der Waals surface area contributed by atoms with Gasteiger partial charge in [-0.2, -0.15) is 4.39 Å². The number of allylic oxidation sites excluding steroid dienone is 4. The van der Waals surface area contributed by atoms with Crippen LogP contribution >= 0.6 is 0 Å². The van der Waals surface area contributed by atoms with Crippen molar-refractivity contribution in [2.45, 2.75) is 5.67 Å². The maximum Gasteiger partial charge on any atom is 0.260 e. The van der Waals surface area contributed by atoms with Crippen LogP contribution in [0.3, 0.4) is 0 Å². The molecule has 0 saturated carbocycles. The number of benzene rings is 1. The Bertz CT molecular complexity index is 780. The van der Waals surface area contributed by atoms with Crippen molar-refractivity contribution in [3.8, 4) is 0 Å². The molecule has 11 heteroatoms. The van der Waals surface area contributed by atoms with Gasteiger partial charge in [-0.15, -0.1) is 0 Å². The zero-order chi connectivity index (χ0) is 17.9. The third-order valence-corrected chi connectivity index (χ3v) is 2.95. The third-order valence-electron chi connectivity index (χ3n) is 2.95. The molecular weight excluding hydrogens is 350 g/mol. The lowest BCUT2D eigenvalue weighted by Crippen LogP contribution is -2.38. The Balaban J connectivity index is 2.95. The fourth-order valence-electron chi connectivity index (χ4n) is 1.83. The van der Waals surface area contributed by atoms with Crippen LogP contribution in [-0.2, 0) is 10.5 Å². The van der Waals surface area contributed by atoms with Crippen molar-refractivity contribution >= 4 is 5.78 Å². The van der Waals surface area contributed by atoms with Gasteiger partial charge in [-0.1, -0.05) is 0 Å². The summed E-state index contributed by atoms with van der Waals surface area (Å²) in [5, 5.41) is 0. The Morgan fingerprint density at radius 1 is 0.565 bits per heavy atom. The minimum atomic E-state index is -5.10. The fraction of sp³-hybridized carbons (Fsp3) is 0.0833. The lowest BCUT2D eigenvalue weighted by molar-refractivity contribution is -0.128. The van der Waals surface area contributed by atoms with Gasteiger partial charge < -0.3 is 0 Å². The number of alkyl halides is 1. The lowest BCUT2D eigenvalue weighted by atomic mass is 9.84. The van der Waals surface area contributed by atoms with Gasteiger partial charge in [0.25, 0.3) is 5.67 Å². The molecule has 1 unspecified atom stereocenters. The SMILES string of the molecule is O=C1C(F)=C(F)C(F)=C(F)C1(F)c1c(F)c(F)c(F)c(F)c1F. The molecule has 1 aromatic carbocycles. The van der Waals surface area contributed by atoms with Crippen molar-refractivity contribution < 1.29 is 48.7 Å². The van der Waals surface area contributed by atoms with Crippen molar-refractivity contribution in [2.24, 2.45) is 0 Å². The van der Waals surface area contributed by atoms with Crippen molar-refractivity contribution in [1.82, 2.24) is 0 Å². The van der Waals surface area contributed by atoms with E-state index in [1.807, 2.05) is 0 Å². The Labute approximate surface area is 119 Å². The van der Waals surface area contributed by atoms with E-state index in [0.717, 1.165) is 0 Å². The predicted octanol–water partition coefficient (Wildman–Crippen LogP) is 4.43. The molecule has 0 radical (unpaired) electrons. The molecule has 0 aromatic heterocycles. The van der Waals surface area contributed by atoms with E-state index in [0.29, 0.717) is 0 Å². The van der Waals surface area contributed by atoms with Crippen LogP contribution in [-0.4, -0.2) is 5.78 Å². The number of halogens is 10. The maximum atomic E-state index is 14.4. The number of hydrogen-bond acceptors (Lipinski definition) is 1. The lowest BCUT2D eigenvalue weighted by Gasteiger charge is -2.26. The summed E-state index contributed by atoms with van der Waals surface area (Å²) in [6, 6.07) is 0. The van der Waals surface area contributed by atoms with Gasteiger partial charge in [0.15, 0.2) is 34.9 Å². The number of Topliss-reactive ketones (excluding diaryl/α,β-unsaturated/α-hetero) is 1. The average molecular weight is 350 g/mol. The Hall–Kier alpha value is -2.33. The van der Waals surface area contributed by atoms with Gasteiger partial charge in [-0.3, -0.25) is 4.79 Å². The van der Waals surface area contributed by atoms with Crippen molar-refractivity contribution in [3.63, 3.8) is 0 Å². The van der Waals surface area contributed by atoms with Crippen LogP contribution in [0, 0.1) is 29.1 Å². The molecule has 0 saturated heterocycles. The van der Waals surface area contributed by atoms with Gasteiger partial charge in [-0.25, -0.2) is 39.5 Å². The second-order valence-electron chi connectivity index (χ2n) is 4.19. The molecule has 1 nitrogen and oxygen atoms in total. The van der Waals surface area contributed by atoms with Crippen LogP contribution < -0.4 is 0 Å². The maximum absolute atomic E-state index is 14.4. The molecule has 2 rings (SSSR count). The van der Waals surface area contributed by atoms with Crippen molar-refractivity contribution in [3.05, 3.63) is 58.0 Å². The number of carbonyl (C=O) groups is 1. The summed E-state index contributed by atoms with van der Waals surface area (Å²) in [6.07, 6.45) is 0. The van der Waals surface area contributed by atoms with Crippen molar-refractivity contribution in [1.29, 1.82) is 0 Å². The first-order valence-corrected chi connectivity index (χ1v) is 5.34. The van der Waals surface area contributed by atoms with E-state index in [4.69, 9.17) is 0 Å². The summed E-state index contributed by atoms with van der Waals surface area (Å²) in [4.78, 5) is 11.3. The van der Waals surface area contributed by atoms with E-state index in [-0.39, 0.29) is 0 Å².